The molecule has 0 fully saturated rings. The average molecular weight is 318 g/mol. The number of hydrogen-bond acceptors (Lipinski definition) is 3. The molecule has 0 aliphatic heterocycles. The van der Waals surface area contributed by atoms with Crippen molar-refractivity contribution in [3.05, 3.63) is 29.8 Å². The van der Waals surface area contributed by atoms with Crippen LogP contribution >= 0.6 is 8.58 Å². The Morgan fingerprint density at radius 2 is 1.56 bits per heavy atom. The first-order valence-corrected chi connectivity index (χ1v) is 6.45. The minimum Gasteiger partial charge on any atom is -0.508 e. The van der Waals surface area contributed by atoms with Crippen LogP contribution in [0, 0.1) is 5.92 Å². The van der Waals surface area contributed by atoms with Crippen LogP contribution in [0.25, 0.3) is 0 Å². The summed E-state index contributed by atoms with van der Waals surface area (Å²) in [4.78, 5) is 0. The van der Waals surface area contributed by atoms with Gasteiger partial charge in [0.25, 0.3) is 0 Å². The van der Waals surface area contributed by atoms with Gasteiger partial charge in [0.2, 0.25) is 0 Å². The van der Waals surface area contributed by atoms with Gasteiger partial charge in [-0.3, -0.25) is 0 Å². The molecule has 5 heteroatoms. The Hall–Kier alpha value is 0.474. The predicted octanol–water partition coefficient (Wildman–Crippen LogP) is 2.73. The molecule has 0 aromatic heterocycles. The first-order chi connectivity index (χ1) is 7.15. The number of phenolic OH excluding ortho intramolecular Hbond substituents is 1. The molecule has 3 nitrogen and oxygen atoms in total. The fraction of sp³-hybridized carbons (Fsp3) is 0.455. The van der Waals surface area contributed by atoms with Crippen molar-refractivity contribution >= 4 is 8.58 Å². The quantitative estimate of drug-likeness (QED) is 0.593. The van der Waals surface area contributed by atoms with E-state index in [9.17, 15) is 0 Å². The zero-order chi connectivity index (χ0) is 11.8. The number of hydrogen-bond donors (Lipinski definition) is 3. The van der Waals surface area contributed by atoms with Crippen LogP contribution in [0.5, 0.6) is 5.75 Å². The van der Waals surface area contributed by atoms with Crippen molar-refractivity contribution in [3.8, 4) is 5.75 Å². The molecule has 0 saturated carbocycles. The van der Waals surface area contributed by atoms with E-state index in [1.807, 2.05) is 12.1 Å². The van der Waals surface area contributed by atoms with E-state index < -0.39 is 0 Å². The summed E-state index contributed by atoms with van der Waals surface area (Å²) in [5.41, 5.74) is 1.98. The molecule has 16 heavy (non-hydrogen) atoms. The first kappa shape index (κ1) is 18.8. The topological polar surface area (TPSA) is 66.5 Å². The maximum Gasteiger partial charge on any atom is 0.115 e. The zero-order valence-corrected chi connectivity index (χ0v) is 13.9. The molecule has 89 valence electrons. The van der Waals surface area contributed by atoms with Gasteiger partial charge in [-0.2, -0.15) is 0 Å². The van der Waals surface area contributed by atoms with Crippen molar-refractivity contribution in [1.82, 2.24) is 0 Å². The monoisotopic (exact) mass is 318 g/mol. The van der Waals surface area contributed by atoms with Crippen LogP contribution in [0.3, 0.4) is 0 Å². The largest absolute Gasteiger partial charge is 0.508 e. The van der Waals surface area contributed by atoms with Gasteiger partial charge in [0.05, 0.1) is 0 Å². The molecule has 0 heterocycles. The third-order valence-electron chi connectivity index (χ3n) is 2.23. The van der Waals surface area contributed by atoms with Crippen molar-refractivity contribution < 1.29 is 43.0 Å². The summed E-state index contributed by atoms with van der Waals surface area (Å²) in [7, 11) is 0.922. The Morgan fingerprint density at radius 3 is 1.88 bits per heavy atom. The molecular formula is C11H20NO2PY. The van der Waals surface area contributed by atoms with Crippen molar-refractivity contribution in [2.45, 2.75) is 19.5 Å². The van der Waals surface area contributed by atoms with Crippen molar-refractivity contribution in [3.63, 3.8) is 0 Å². The molecule has 0 amide bonds. The van der Waals surface area contributed by atoms with Gasteiger partial charge >= 0.3 is 0 Å². The molecule has 1 aromatic carbocycles. The third kappa shape index (κ3) is 6.27. The molecule has 1 radical (unpaired) electrons. The Morgan fingerprint density at radius 1 is 1.12 bits per heavy atom. The molecule has 1 aromatic rings. The summed E-state index contributed by atoms with van der Waals surface area (Å²) in [6.07, 6.45) is 0. The van der Waals surface area contributed by atoms with Crippen LogP contribution in [0.4, 0.5) is 0 Å². The van der Waals surface area contributed by atoms with E-state index in [0.29, 0.717) is 17.3 Å². The third-order valence-corrected chi connectivity index (χ3v) is 3.85. The molecule has 2 unspecified atom stereocenters. The maximum atomic E-state index is 9.15. The minimum atomic E-state index is 0. The fourth-order valence-electron chi connectivity index (χ4n) is 1.57. The second-order valence-electron chi connectivity index (χ2n) is 3.60. The second kappa shape index (κ2) is 10.6. The molecule has 0 bridgehead atoms. The fourth-order valence-corrected chi connectivity index (χ4v) is 2.76. The Labute approximate surface area is 124 Å². The molecule has 1 rings (SSSR count). The van der Waals surface area contributed by atoms with E-state index in [2.05, 4.69) is 26.4 Å². The SMILES string of the molecule is CPC(c1ccc(O)cc1)C(C)C.NO.[Y]. The van der Waals surface area contributed by atoms with E-state index in [4.69, 9.17) is 10.3 Å². The summed E-state index contributed by atoms with van der Waals surface area (Å²) >= 11 is 0. The first-order valence-electron chi connectivity index (χ1n) is 4.87. The van der Waals surface area contributed by atoms with Gasteiger partial charge in [-0.1, -0.05) is 26.0 Å². The van der Waals surface area contributed by atoms with Crippen LogP contribution in [0.1, 0.15) is 25.1 Å². The summed E-state index contributed by atoms with van der Waals surface area (Å²) in [5.74, 6) is 4.53. The smallest absolute Gasteiger partial charge is 0.115 e. The van der Waals surface area contributed by atoms with Crippen LogP contribution in [0.2, 0.25) is 0 Å². The molecule has 4 N–H and O–H groups in total. The number of rotatable bonds is 3. The van der Waals surface area contributed by atoms with E-state index in [1.165, 1.54) is 5.56 Å². The van der Waals surface area contributed by atoms with Gasteiger partial charge in [-0.15, -0.1) is 8.58 Å². The van der Waals surface area contributed by atoms with Crippen LogP contribution in [-0.4, -0.2) is 17.0 Å². The molecule has 0 aliphatic rings. The van der Waals surface area contributed by atoms with E-state index in [0.717, 1.165) is 8.58 Å². The molecule has 0 aliphatic carbocycles. The number of nitrogens with two attached hydrogens (primary N) is 1. The van der Waals surface area contributed by atoms with Crippen molar-refractivity contribution in [2.24, 2.45) is 11.8 Å². The second-order valence-corrected chi connectivity index (χ2v) is 4.80. The normalized spacial score (nSPS) is 11.9. The van der Waals surface area contributed by atoms with E-state index in [-0.39, 0.29) is 32.7 Å². The predicted molar refractivity (Wildman–Crippen MR) is 65.9 cm³/mol. The van der Waals surface area contributed by atoms with Gasteiger partial charge in [0, 0.05) is 38.4 Å². The molecular weight excluding hydrogens is 298 g/mol. The summed E-state index contributed by atoms with van der Waals surface area (Å²) < 4.78 is 0. The van der Waals surface area contributed by atoms with Crippen LogP contribution in [-0.2, 0) is 32.7 Å². The summed E-state index contributed by atoms with van der Waals surface area (Å²) in [6.45, 7) is 6.72. The number of benzene rings is 1. The van der Waals surface area contributed by atoms with E-state index >= 15 is 0 Å². The van der Waals surface area contributed by atoms with Crippen molar-refractivity contribution in [2.75, 3.05) is 6.66 Å². The summed E-state index contributed by atoms with van der Waals surface area (Å²) in [5, 5.41) is 15.7. The Bertz CT molecular complexity index is 267. The average Bonchev–Trinajstić information content (AvgIpc) is 2.24. The number of phenols is 1. The van der Waals surface area contributed by atoms with Gasteiger partial charge in [0.1, 0.15) is 5.75 Å². The number of aromatic hydroxyl groups is 1. The van der Waals surface area contributed by atoms with Gasteiger partial charge in [-0.05, 0) is 30.3 Å². The molecule has 0 saturated heterocycles. The van der Waals surface area contributed by atoms with Crippen LogP contribution in [0.15, 0.2) is 24.3 Å². The molecule has 2 atom stereocenters. The standard InChI is InChI=1S/C11H17OP.H3NO.Y/c1-8(2)11(13-3)9-4-6-10(12)7-5-9;1-2;/h4-8,11-13H,1-3H3;2H,1H2;. The zero-order valence-electron chi connectivity index (χ0n) is 10.0. The minimum absolute atomic E-state index is 0. The Balaban J connectivity index is 0. The summed E-state index contributed by atoms with van der Waals surface area (Å²) in [6, 6.07) is 7.59. The van der Waals surface area contributed by atoms with Gasteiger partial charge < -0.3 is 10.3 Å². The van der Waals surface area contributed by atoms with Gasteiger partial charge in [-0.25, -0.2) is 5.90 Å². The molecule has 0 spiro atoms. The van der Waals surface area contributed by atoms with Gasteiger partial charge in [0.15, 0.2) is 0 Å². The maximum absolute atomic E-state index is 9.15. The Kier molecular flexibility index (Phi) is 12.5. The van der Waals surface area contributed by atoms with Crippen LogP contribution < -0.4 is 5.90 Å². The van der Waals surface area contributed by atoms with E-state index in [1.54, 1.807) is 12.1 Å². The van der Waals surface area contributed by atoms with Crippen molar-refractivity contribution in [1.29, 1.82) is 0 Å².